The predicted octanol–water partition coefficient (Wildman–Crippen LogP) is 2.82. The first kappa shape index (κ1) is 15.9. The van der Waals surface area contributed by atoms with Gasteiger partial charge in [0.05, 0.1) is 11.9 Å². The molecule has 1 aromatic carbocycles. The number of fused-ring (bicyclic) bond motifs is 1. The number of hydrogen-bond acceptors (Lipinski definition) is 3. The Morgan fingerprint density at radius 1 is 1.16 bits per heavy atom. The standard InChI is InChI=1S/C19H22N4O2/c24-18(22-15-11-20-21-12-15)17-10-14-8-4-5-9-16(14)23(17)19(25)13-6-2-1-3-7-13/h1-3,6-7,11-12,14,16-17H,4-5,8-10H2,(H,20,21)(H,22,24). The molecule has 4 rings (SSSR count). The number of H-pyrrole nitrogens is 1. The minimum atomic E-state index is -0.421. The van der Waals surface area contributed by atoms with Gasteiger partial charge in [-0.05, 0) is 37.3 Å². The minimum Gasteiger partial charge on any atom is -0.323 e. The summed E-state index contributed by atoms with van der Waals surface area (Å²) in [5, 5.41) is 9.43. The lowest BCUT2D eigenvalue weighted by Gasteiger charge is -2.33. The third kappa shape index (κ3) is 3.04. The molecule has 2 N–H and O–H groups in total. The van der Waals surface area contributed by atoms with Gasteiger partial charge in [0.15, 0.2) is 0 Å². The summed E-state index contributed by atoms with van der Waals surface area (Å²) in [5.41, 5.74) is 1.28. The Bertz CT molecular complexity index is 744. The fraction of sp³-hybridized carbons (Fsp3) is 0.421. The molecular formula is C19H22N4O2. The third-order valence-electron chi connectivity index (χ3n) is 5.41. The van der Waals surface area contributed by atoms with Crippen LogP contribution >= 0.6 is 0 Å². The van der Waals surface area contributed by atoms with Gasteiger partial charge >= 0.3 is 0 Å². The van der Waals surface area contributed by atoms with Crippen LogP contribution in [-0.4, -0.2) is 39.0 Å². The first-order valence-corrected chi connectivity index (χ1v) is 8.91. The van der Waals surface area contributed by atoms with Crippen molar-refractivity contribution in [3.63, 3.8) is 0 Å². The average molecular weight is 338 g/mol. The van der Waals surface area contributed by atoms with E-state index in [4.69, 9.17) is 0 Å². The van der Waals surface area contributed by atoms with E-state index in [1.165, 1.54) is 6.42 Å². The zero-order valence-corrected chi connectivity index (χ0v) is 14.0. The quantitative estimate of drug-likeness (QED) is 0.903. The molecular weight excluding hydrogens is 316 g/mol. The Morgan fingerprint density at radius 3 is 2.72 bits per heavy atom. The Morgan fingerprint density at radius 2 is 1.96 bits per heavy atom. The highest BCUT2D eigenvalue weighted by atomic mass is 16.2. The number of nitrogens with one attached hydrogen (secondary N) is 2. The average Bonchev–Trinajstić information content (AvgIpc) is 3.29. The number of aromatic nitrogens is 2. The number of hydrogen-bond donors (Lipinski definition) is 2. The zero-order chi connectivity index (χ0) is 17.2. The molecule has 2 aromatic rings. The molecule has 25 heavy (non-hydrogen) atoms. The van der Waals surface area contributed by atoms with Gasteiger partial charge in [0, 0.05) is 17.8 Å². The highest BCUT2D eigenvalue weighted by Gasteiger charge is 2.47. The van der Waals surface area contributed by atoms with Gasteiger partial charge < -0.3 is 10.2 Å². The van der Waals surface area contributed by atoms with Crippen molar-refractivity contribution in [2.45, 2.75) is 44.2 Å². The maximum absolute atomic E-state index is 13.1. The summed E-state index contributed by atoms with van der Waals surface area (Å²) in [6.45, 7) is 0. The van der Waals surface area contributed by atoms with E-state index >= 15 is 0 Å². The van der Waals surface area contributed by atoms with Crippen LogP contribution in [0.25, 0.3) is 0 Å². The van der Waals surface area contributed by atoms with E-state index in [-0.39, 0.29) is 17.9 Å². The van der Waals surface area contributed by atoms with Gasteiger partial charge in [-0.3, -0.25) is 14.7 Å². The fourth-order valence-corrected chi connectivity index (χ4v) is 4.26. The highest BCUT2D eigenvalue weighted by molar-refractivity contribution is 6.01. The number of anilines is 1. The molecule has 1 aromatic heterocycles. The van der Waals surface area contributed by atoms with Crippen molar-refractivity contribution in [2.75, 3.05) is 5.32 Å². The van der Waals surface area contributed by atoms with Crippen LogP contribution in [0.1, 0.15) is 42.5 Å². The van der Waals surface area contributed by atoms with Gasteiger partial charge in [0.25, 0.3) is 5.91 Å². The summed E-state index contributed by atoms with van der Waals surface area (Å²) in [5.74, 6) is 0.254. The van der Waals surface area contributed by atoms with E-state index in [1.807, 2.05) is 35.2 Å². The van der Waals surface area contributed by atoms with Crippen molar-refractivity contribution in [3.05, 3.63) is 48.3 Å². The molecule has 6 nitrogen and oxygen atoms in total. The third-order valence-corrected chi connectivity index (χ3v) is 5.41. The van der Waals surface area contributed by atoms with Crippen molar-refractivity contribution in [2.24, 2.45) is 5.92 Å². The van der Waals surface area contributed by atoms with Gasteiger partial charge in [0.2, 0.25) is 5.91 Å². The molecule has 3 atom stereocenters. The number of nitrogens with zero attached hydrogens (tertiary/aromatic N) is 2. The molecule has 2 heterocycles. The number of carbonyl (C=O) groups is 2. The Balaban J connectivity index is 1.61. The van der Waals surface area contributed by atoms with Gasteiger partial charge in [-0.25, -0.2) is 0 Å². The van der Waals surface area contributed by atoms with Crippen molar-refractivity contribution < 1.29 is 9.59 Å². The van der Waals surface area contributed by atoms with Gasteiger partial charge in [-0.1, -0.05) is 31.0 Å². The van der Waals surface area contributed by atoms with Crippen LogP contribution in [0.2, 0.25) is 0 Å². The van der Waals surface area contributed by atoms with Crippen LogP contribution in [0.4, 0.5) is 5.69 Å². The first-order chi connectivity index (χ1) is 12.2. The van der Waals surface area contributed by atoms with E-state index in [0.717, 1.165) is 25.7 Å². The molecule has 1 aliphatic carbocycles. The summed E-state index contributed by atoms with van der Waals surface area (Å²) in [6.07, 6.45) is 8.34. The molecule has 2 amide bonds. The molecule has 0 radical (unpaired) electrons. The number of benzene rings is 1. The summed E-state index contributed by atoms with van der Waals surface area (Å²) in [7, 11) is 0. The lowest BCUT2D eigenvalue weighted by atomic mass is 9.84. The van der Waals surface area contributed by atoms with Crippen molar-refractivity contribution in [1.82, 2.24) is 15.1 Å². The summed E-state index contributed by atoms with van der Waals surface area (Å²) in [6, 6.07) is 9.02. The van der Waals surface area contributed by atoms with Crippen LogP contribution in [0, 0.1) is 5.92 Å². The van der Waals surface area contributed by atoms with E-state index in [9.17, 15) is 9.59 Å². The molecule has 1 saturated heterocycles. The lowest BCUT2D eigenvalue weighted by molar-refractivity contribution is -0.120. The van der Waals surface area contributed by atoms with Crippen LogP contribution in [-0.2, 0) is 4.79 Å². The normalized spacial score (nSPS) is 25.4. The zero-order valence-electron chi connectivity index (χ0n) is 14.0. The van der Waals surface area contributed by atoms with E-state index < -0.39 is 6.04 Å². The number of aromatic amines is 1. The molecule has 6 heteroatoms. The SMILES string of the molecule is O=C(Nc1cn[nH]c1)C1CC2CCCCC2N1C(=O)c1ccccc1. The number of likely N-dealkylation sites (tertiary alicyclic amines) is 1. The second-order valence-electron chi connectivity index (χ2n) is 6.92. The molecule has 0 bridgehead atoms. The number of rotatable bonds is 3. The molecule has 1 aliphatic heterocycles. The Hall–Kier alpha value is -2.63. The Labute approximate surface area is 146 Å². The van der Waals surface area contributed by atoms with E-state index in [1.54, 1.807) is 12.4 Å². The maximum atomic E-state index is 13.1. The largest absolute Gasteiger partial charge is 0.323 e. The summed E-state index contributed by atoms with van der Waals surface area (Å²) in [4.78, 5) is 27.8. The molecule has 130 valence electrons. The smallest absolute Gasteiger partial charge is 0.254 e. The number of amides is 2. The van der Waals surface area contributed by atoms with Gasteiger partial charge in [-0.15, -0.1) is 0 Å². The van der Waals surface area contributed by atoms with Crippen LogP contribution in [0.3, 0.4) is 0 Å². The topological polar surface area (TPSA) is 78.1 Å². The maximum Gasteiger partial charge on any atom is 0.254 e. The number of carbonyl (C=O) groups excluding carboxylic acids is 2. The minimum absolute atomic E-state index is 0.0395. The Kier molecular flexibility index (Phi) is 4.26. The predicted molar refractivity (Wildman–Crippen MR) is 94.0 cm³/mol. The molecule has 0 spiro atoms. The van der Waals surface area contributed by atoms with Gasteiger partial charge in [0.1, 0.15) is 6.04 Å². The summed E-state index contributed by atoms with van der Waals surface area (Å²) < 4.78 is 0. The monoisotopic (exact) mass is 338 g/mol. The van der Waals surface area contributed by atoms with Crippen molar-refractivity contribution in [3.8, 4) is 0 Å². The lowest BCUT2D eigenvalue weighted by Crippen LogP contribution is -2.47. The first-order valence-electron chi connectivity index (χ1n) is 8.91. The highest BCUT2D eigenvalue weighted by Crippen LogP contribution is 2.40. The fourth-order valence-electron chi connectivity index (χ4n) is 4.26. The van der Waals surface area contributed by atoms with Crippen LogP contribution in [0.5, 0.6) is 0 Å². The van der Waals surface area contributed by atoms with E-state index in [0.29, 0.717) is 17.2 Å². The van der Waals surface area contributed by atoms with Crippen LogP contribution in [0.15, 0.2) is 42.7 Å². The summed E-state index contributed by atoms with van der Waals surface area (Å²) >= 11 is 0. The molecule has 3 unspecified atom stereocenters. The van der Waals surface area contributed by atoms with Crippen LogP contribution < -0.4 is 5.32 Å². The molecule has 1 saturated carbocycles. The second-order valence-corrected chi connectivity index (χ2v) is 6.92. The van der Waals surface area contributed by atoms with Crippen molar-refractivity contribution >= 4 is 17.5 Å². The van der Waals surface area contributed by atoms with Crippen molar-refractivity contribution in [1.29, 1.82) is 0 Å². The van der Waals surface area contributed by atoms with E-state index in [2.05, 4.69) is 15.5 Å². The molecule has 2 aliphatic rings. The van der Waals surface area contributed by atoms with Gasteiger partial charge in [-0.2, -0.15) is 5.10 Å². The second kappa shape index (κ2) is 6.70. The molecule has 2 fully saturated rings.